The highest BCUT2D eigenvalue weighted by molar-refractivity contribution is 5.96. The third kappa shape index (κ3) is 6.68. The summed E-state index contributed by atoms with van der Waals surface area (Å²) >= 11 is 0. The minimum atomic E-state index is -0.172. The number of ketones is 1. The van der Waals surface area contributed by atoms with E-state index in [0.717, 1.165) is 32.7 Å². The van der Waals surface area contributed by atoms with E-state index in [1.54, 1.807) is 0 Å². The molecule has 0 spiro atoms. The van der Waals surface area contributed by atoms with Crippen molar-refractivity contribution in [2.45, 2.75) is 39.7 Å². The largest absolute Gasteiger partial charge is 0.379 e. The Kier molecular flexibility index (Phi) is 7.02. The Bertz CT molecular complexity index is 299. The fourth-order valence-electron chi connectivity index (χ4n) is 2.37. The van der Waals surface area contributed by atoms with Crippen LogP contribution in [0.2, 0.25) is 0 Å². The highest BCUT2D eigenvalue weighted by Gasteiger charge is 2.22. The smallest absolute Gasteiger partial charge is 0.227 e. The molecule has 1 fully saturated rings. The molecule has 5 heteroatoms. The van der Waals surface area contributed by atoms with Crippen molar-refractivity contribution in [3.8, 4) is 0 Å². The van der Waals surface area contributed by atoms with E-state index >= 15 is 0 Å². The van der Waals surface area contributed by atoms with E-state index in [0.29, 0.717) is 18.5 Å². The van der Waals surface area contributed by atoms with Crippen LogP contribution in [0.5, 0.6) is 0 Å². The van der Waals surface area contributed by atoms with Crippen molar-refractivity contribution in [3.05, 3.63) is 0 Å². The van der Waals surface area contributed by atoms with Gasteiger partial charge >= 0.3 is 0 Å². The second kappa shape index (κ2) is 8.27. The van der Waals surface area contributed by atoms with Crippen molar-refractivity contribution in [1.29, 1.82) is 0 Å². The predicted octanol–water partition coefficient (Wildman–Crippen LogP) is 0.829. The standard InChI is InChI=1S/C14H26N2O3/c1-11(2)8-13(16-4-6-19-7-5-16)10-15-14(18)9-12(3)17/h11,13H,4-10H2,1-3H3,(H,15,18). The van der Waals surface area contributed by atoms with Crippen LogP contribution in [0.3, 0.4) is 0 Å². The van der Waals surface area contributed by atoms with Crippen molar-refractivity contribution in [2.24, 2.45) is 5.92 Å². The number of carbonyl (C=O) groups excluding carboxylic acids is 2. The van der Waals surface area contributed by atoms with Crippen LogP contribution in [0.1, 0.15) is 33.6 Å². The number of hydrogen-bond donors (Lipinski definition) is 1. The molecule has 1 atom stereocenters. The average Bonchev–Trinajstić information content (AvgIpc) is 2.34. The normalized spacial score (nSPS) is 18.3. The molecule has 0 aromatic carbocycles. The highest BCUT2D eigenvalue weighted by Crippen LogP contribution is 2.13. The monoisotopic (exact) mass is 270 g/mol. The van der Waals surface area contributed by atoms with Gasteiger partial charge in [-0.25, -0.2) is 0 Å². The SMILES string of the molecule is CC(=O)CC(=O)NCC(CC(C)C)N1CCOCC1. The number of ether oxygens (including phenoxy) is 1. The van der Waals surface area contributed by atoms with E-state index in [9.17, 15) is 9.59 Å². The molecule has 1 rings (SSSR count). The molecule has 0 saturated carbocycles. The van der Waals surface area contributed by atoms with E-state index in [2.05, 4.69) is 24.1 Å². The summed E-state index contributed by atoms with van der Waals surface area (Å²) in [7, 11) is 0. The van der Waals surface area contributed by atoms with Crippen LogP contribution in [0, 0.1) is 5.92 Å². The van der Waals surface area contributed by atoms with Crippen LogP contribution in [0.25, 0.3) is 0 Å². The summed E-state index contributed by atoms with van der Waals surface area (Å²) in [6, 6.07) is 0.333. The number of carbonyl (C=O) groups is 2. The summed E-state index contributed by atoms with van der Waals surface area (Å²) in [6.45, 7) is 9.78. The van der Waals surface area contributed by atoms with Crippen molar-refractivity contribution < 1.29 is 14.3 Å². The lowest BCUT2D eigenvalue weighted by atomic mass is 10.0. The zero-order valence-electron chi connectivity index (χ0n) is 12.3. The summed E-state index contributed by atoms with van der Waals surface area (Å²) in [5, 5.41) is 2.87. The summed E-state index contributed by atoms with van der Waals surface area (Å²) in [6.07, 6.45) is 1.03. The van der Waals surface area contributed by atoms with Crippen LogP contribution in [-0.4, -0.2) is 55.5 Å². The number of amides is 1. The van der Waals surface area contributed by atoms with Gasteiger partial charge in [0.15, 0.2) is 0 Å². The first kappa shape index (κ1) is 16.1. The Hall–Kier alpha value is -0.940. The first-order chi connectivity index (χ1) is 8.99. The van der Waals surface area contributed by atoms with Crippen LogP contribution in [0.15, 0.2) is 0 Å². The van der Waals surface area contributed by atoms with E-state index in [4.69, 9.17) is 4.74 Å². The topological polar surface area (TPSA) is 58.6 Å². The van der Waals surface area contributed by atoms with E-state index < -0.39 is 0 Å². The fraction of sp³-hybridized carbons (Fsp3) is 0.857. The number of hydrogen-bond acceptors (Lipinski definition) is 4. The third-order valence-corrected chi connectivity index (χ3v) is 3.25. The summed E-state index contributed by atoms with van der Waals surface area (Å²) in [5.74, 6) is 0.316. The Balaban J connectivity index is 2.44. The summed E-state index contributed by atoms with van der Waals surface area (Å²) in [4.78, 5) is 24.8. The molecule has 1 heterocycles. The molecule has 1 aliphatic heterocycles. The highest BCUT2D eigenvalue weighted by atomic mass is 16.5. The molecule has 1 amide bonds. The molecule has 0 radical (unpaired) electrons. The Labute approximate surface area is 115 Å². The molecule has 0 bridgehead atoms. The Morgan fingerprint density at radius 2 is 1.89 bits per heavy atom. The number of nitrogens with zero attached hydrogens (tertiary/aromatic N) is 1. The first-order valence-corrected chi connectivity index (χ1v) is 7.07. The molecular weight excluding hydrogens is 244 g/mol. The van der Waals surface area contributed by atoms with Gasteiger partial charge < -0.3 is 10.1 Å². The lowest BCUT2D eigenvalue weighted by Gasteiger charge is -2.35. The second-order valence-electron chi connectivity index (χ2n) is 5.61. The number of rotatable bonds is 7. The molecule has 0 aromatic rings. The maximum Gasteiger partial charge on any atom is 0.227 e. The van der Waals surface area contributed by atoms with Crippen molar-refractivity contribution in [2.75, 3.05) is 32.8 Å². The van der Waals surface area contributed by atoms with Crippen LogP contribution >= 0.6 is 0 Å². The molecule has 0 aromatic heterocycles. The van der Waals surface area contributed by atoms with Crippen molar-refractivity contribution in [1.82, 2.24) is 10.2 Å². The second-order valence-corrected chi connectivity index (χ2v) is 5.61. The van der Waals surface area contributed by atoms with Gasteiger partial charge in [-0.1, -0.05) is 13.8 Å². The van der Waals surface area contributed by atoms with Crippen LogP contribution < -0.4 is 5.32 Å². The fourth-order valence-corrected chi connectivity index (χ4v) is 2.37. The van der Waals surface area contributed by atoms with E-state index in [-0.39, 0.29) is 18.1 Å². The molecule has 0 aliphatic carbocycles. The van der Waals surface area contributed by atoms with Gasteiger partial charge in [0.05, 0.1) is 19.6 Å². The first-order valence-electron chi connectivity index (χ1n) is 7.07. The van der Waals surface area contributed by atoms with Crippen molar-refractivity contribution >= 4 is 11.7 Å². The quantitative estimate of drug-likeness (QED) is 0.696. The van der Waals surface area contributed by atoms with E-state index in [1.165, 1.54) is 6.92 Å². The van der Waals surface area contributed by atoms with Gasteiger partial charge in [-0.15, -0.1) is 0 Å². The zero-order valence-corrected chi connectivity index (χ0v) is 12.3. The van der Waals surface area contributed by atoms with Gasteiger partial charge in [0.25, 0.3) is 0 Å². The summed E-state index contributed by atoms with van der Waals surface area (Å²) in [5.41, 5.74) is 0. The summed E-state index contributed by atoms with van der Waals surface area (Å²) < 4.78 is 5.36. The van der Waals surface area contributed by atoms with Crippen LogP contribution in [0.4, 0.5) is 0 Å². The molecule has 1 aliphatic rings. The number of nitrogens with one attached hydrogen (secondary N) is 1. The maximum absolute atomic E-state index is 11.6. The molecule has 110 valence electrons. The maximum atomic E-state index is 11.6. The zero-order chi connectivity index (χ0) is 14.3. The molecular formula is C14H26N2O3. The predicted molar refractivity (Wildman–Crippen MR) is 73.9 cm³/mol. The number of Topliss-reactive ketones (excluding diaryl/α,β-unsaturated/α-hetero) is 1. The molecule has 1 N–H and O–H groups in total. The van der Waals surface area contributed by atoms with Crippen molar-refractivity contribution in [3.63, 3.8) is 0 Å². The average molecular weight is 270 g/mol. The Morgan fingerprint density at radius 1 is 1.26 bits per heavy atom. The number of morpholine rings is 1. The van der Waals surface area contributed by atoms with Gasteiger partial charge in [-0.3, -0.25) is 14.5 Å². The molecule has 1 saturated heterocycles. The molecule has 1 unspecified atom stereocenters. The van der Waals surface area contributed by atoms with Gasteiger partial charge in [0.2, 0.25) is 5.91 Å². The molecule has 19 heavy (non-hydrogen) atoms. The minimum absolute atomic E-state index is 0.0164. The minimum Gasteiger partial charge on any atom is -0.379 e. The lowest BCUT2D eigenvalue weighted by Crippen LogP contribution is -2.49. The van der Waals surface area contributed by atoms with Gasteiger partial charge in [-0.2, -0.15) is 0 Å². The van der Waals surface area contributed by atoms with Crippen LogP contribution in [-0.2, 0) is 14.3 Å². The molecule has 5 nitrogen and oxygen atoms in total. The lowest BCUT2D eigenvalue weighted by molar-refractivity contribution is -0.127. The van der Waals surface area contributed by atoms with Gasteiger partial charge in [-0.05, 0) is 19.3 Å². The third-order valence-electron chi connectivity index (χ3n) is 3.25. The Morgan fingerprint density at radius 3 is 2.42 bits per heavy atom. The van der Waals surface area contributed by atoms with Gasteiger partial charge in [0, 0.05) is 25.7 Å². The van der Waals surface area contributed by atoms with E-state index in [1.807, 2.05) is 0 Å². The van der Waals surface area contributed by atoms with Gasteiger partial charge in [0.1, 0.15) is 5.78 Å².